The lowest BCUT2D eigenvalue weighted by Crippen LogP contribution is -2.38. The normalized spacial score (nSPS) is 17.7. The maximum absolute atomic E-state index is 12.8. The van der Waals surface area contributed by atoms with Crippen LogP contribution in [0.4, 0.5) is 21.9 Å². The first-order valence-electron chi connectivity index (χ1n) is 9.72. The average Bonchev–Trinajstić information content (AvgIpc) is 2.69. The summed E-state index contributed by atoms with van der Waals surface area (Å²) in [4.78, 5) is 17.1. The molecule has 136 valence electrons. The van der Waals surface area contributed by atoms with Gasteiger partial charge in [0, 0.05) is 36.7 Å². The zero-order valence-corrected chi connectivity index (χ0v) is 15.4. The van der Waals surface area contributed by atoms with Gasteiger partial charge in [-0.1, -0.05) is 25.1 Å². The van der Waals surface area contributed by atoms with Crippen LogP contribution in [0.3, 0.4) is 0 Å². The Kier molecular flexibility index (Phi) is 4.83. The Balaban J connectivity index is 1.42. The third-order valence-electron chi connectivity index (χ3n) is 5.62. The first-order valence-corrected chi connectivity index (χ1v) is 9.72. The molecule has 0 saturated carbocycles. The van der Waals surface area contributed by atoms with Crippen LogP contribution < -0.4 is 15.1 Å². The largest absolute Gasteiger partial charge is 0.372 e. The van der Waals surface area contributed by atoms with Crippen molar-refractivity contribution >= 4 is 23.1 Å². The molecule has 4 nitrogen and oxygen atoms in total. The minimum Gasteiger partial charge on any atom is -0.372 e. The summed E-state index contributed by atoms with van der Waals surface area (Å²) >= 11 is 0. The number of hydrogen-bond acceptors (Lipinski definition) is 2. The van der Waals surface area contributed by atoms with Crippen LogP contribution in [-0.2, 0) is 6.42 Å². The Morgan fingerprint density at radius 2 is 1.73 bits per heavy atom. The lowest BCUT2D eigenvalue weighted by Gasteiger charge is -2.32. The van der Waals surface area contributed by atoms with Gasteiger partial charge in [-0.05, 0) is 67.5 Å². The van der Waals surface area contributed by atoms with Crippen LogP contribution >= 0.6 is 0 Å². The fraction of sp³-hybridized carbons (Fsp3) is 0.409. The van der Waals surface area contributed by atoms with E-state index in [9.17, 15) is 4.79 Å². The van der Waals surface area contributed by atoms with E-state index in [1.54, 1.807) is 0 Å². The number of hydrogen-bond donors (Lipinski definition) is 1. The molecule has 2 aromatic carbocycles. The summed E-state index contributed by atoms with van der Waals surface area (Å²) in [5.41, 5.74) is 4.39. The smallest absolute Gasteiger partial charge is 0.326 e. The molecule has 2 aliphatic heterocycles. The second-order valence-electron chi connectivity index (χ2n) is 7.53. The van der Waals surface area contributed by atoms with Gasteiger partial charge in [0.05, 0.1) is 0 Å². The second-order valence-corrected chi connectivity index (χ2v) is 7.53. The summed E-state index contributed by atoms with van der Waals surface area (Å²) in [7, 11) is 0. The Morgan fingerprint density at radius 3 is 2.50 bits per heavy atom. The number of nitrogens with zero attached hydrogens (tertiary/aromatic N) is 2. The SMILES string of the molecule is CC1CCN(c2ccc(NC(=O)N3CCCc4ccccc43)cc2)CC1. The highest BCUT2D eigenvalue weighted by Crippen LogP contribution is 2.28. The zero-order valence-electron chi connectivity index (χ0n) is 15.4. The third kappa shape index (κ3) is 3.55. The van der Waals surface area contributed by atoms with Crippen molar-refractivity contribution in [3.8, 4) is 0 Å². The third-order valence-corrected chi connectivity index (χ3v) is 5.62. The first-order chi connectivity index (χ1) is 12.7. The molecule has 0 radical (unpaired) electrons. The van der Waals surface area contributed by atoms with E-state index in [0.29, 0.717) is 0 Å². The Labute approximate surface area is 155 Å². The van der Waals surface area contributed by atoms with Crippen LogP contribution in [0.25, 0.3) is 0 Å². The van der Waals surface area contributed by atoms with Gasteiger partial charge in [0.1, 0.15) is 0 Å². The van der Waals surface area contributed by atoms with Gasteiger partial charge in [-0.25, -0.2) is 4.79 Å². The van der Waals surface area contributed by atoms with Crippen molar-refractivity contribution in [3.63, 3.8) is 0 Å². The van der Waals surface area contributed by atoms with Crippen molar-refractivity contribution in [1.82, 2.24) is 0 Å². The van der Waals surface area contributed by atoms with Crippen LogP contribution in [0.1, 0.15) is 31.7 Å². The number of carbonyl (C=O) groups is 1. The van der Waals surface area contributed by atoms with Gasteiger partial charge in [0.2, 0.25) is 0 Å². The molecular formula is C22H27N3O. The minimum atomic E-state index is -0.0447. The molecule has 4 heteroatoms. The predicted molar refractivity (Wildman–Crippen MR) is 108 cm³/mol. The first kappa shape index (κ1) is 17.0. The van der Waals surface area contributed by atoms with E-state index in [2.05, 4.69) is 35.3 Å². The molecule has 0 bridgehead atoms. The van der Waals surface area contributed by atoms with Crippen LogP contribution in [0, 0.1) is 5.92 Å². The van der Waals surface area contributed by atoms with Crippen LogP contribution in [0.2, 0.25) is 0 Å². The highest BCUT2D eigenvalue weighted by atomic mass is 16.2. The van der Waals surface area contributed by atoms with Crippen molar-refractivity contribution in [3.05, 3.63) is 54.1 Å². The van der Waals surface area contributed by atoms with Crippen molar-refractivity contribution in [2.45, 2.75) is 32.6 Å². The summed E-state index contributed by atoms with van der Waals surface area (Å²) in [6.45, 7) is 5.34. The average molecular weight is 349 g/mol. The van der Waals surface area contributed by atoms with E-state index >= 15 is 0 Å². The second kappa shape index (κ2) is 7.40. The van der Waals surface area contributed by atoms with Crippen LogP contribution in [0.5, 0.6) is 0 Å². The van der Waals surface area contributed by atoms with Crippen molar-refractivity contribution < 1.29 is 4.79 Å². The molecule has 2 heterocycles. The molecule has 0 spiro atoms. The Bertz CT molecular complexity index is 763. The molecule has 2 amide bonds. The summed E-state index contributed by atoms with van der Waals surface area (Å²) in [6, 6.07) is 16.4. The topological polar surface area (TPSA) is 35.6 Å². The summed E-state index contributed by atoms with van der Waals surface area (Å²) in [6.07, 6.45) is 4.57. The van der Waals surface area contributed by atoms with Crippen LogP contribution in [0.15, 0.2) is 48.5 Å². The number of rotatable bonds is 2. The van der Waals surface area contributed by atoms with Gasteiger partial charge in [0.15, 0.2) is 0 Å². The van der Waals surface area contributed by atoms with Gasteiger partial charge in [-0.2, -0.15) is 0 Å². The van der Waals surface area contributed by atoms with Gasteiger partial charge < -0.3 is 10.2 Å². The van der Waals surface area contributed by atoms with Gasteiger partial charge in [-0.15, -0.1) is 0 Å². The molecular weight excluding hydrogens is 322 g/mol. The number of nitrogens with one attached hydrogen (secondary N) is 1. The lowest BCUT2D eigenvalue weighted by molar-refractivity contribution is 0.256. The standard InChI is InChI=1S/C22H27N3O/c1-17-12-15-24(16-13-17)20-10-8-19(9-11-20)23-22(26)25-14-4-6-18-5-2-3-7-21(18)25/h2-3,5,7-11,17H,4,6,12-16H2,1H3,(H,23,26). The van der Waals surface area contributed by atoms with Crippen LogP contribution in [-0.4, -0.2) is 25.7 Å². The zero-order chi connectivity index (χ0) is 17.9. The number of urea groups is 1. The number of benzene rings is 2. The molecule has 26 heavy (non-hydrogen) atoms. The fourth-order valence-electron chi connectivity index (χ4n) is 3.96. The van der Waals surface area contributed by atoms with E-state index in [4.69, 9.17) is 0 Å². The van der Waals surface area contributed by atoms with Gasteiger partial charge in [0.25, 0.3) is 0 Å². The Hall–Kier alpha value is -2.49. The minimum absolute atomic E-state index is 0.0447. The lowest BCUT2D eigenvalue weighted by atomic mass is 9.99. The van der Waals surface area contributed by atoms with Crippen molar-refractivity contribution in [2.75, 3.05) is 34.8 Å². The monoisotopic (exact) mass is 349 g/mol. The number of fused-ring (bicyclic) bond motifs is 1. The number of aryl methyl sites for hydroxylation is 1. The molecule has 1 fully saturated rings. The number of piperidine rings is 1. The molecule has 0 unspecified atom stereocenters. The van der Waals surface area contributed by atoms with Gasteiger partial charge >= 0.3 is 6.03 Å². The van der Waals surface area contributed by atoms with E-state index in [1.807, 2.05) is 35.2 Å². The molecule has 0 aromatic heterocycles. The fourth-order valence-corrected chi connectivity index (χ4v) is 3.96. The number of para-hydroxylation sites is 1. The maximum atomic E-state index is 12.8. The highest BCUT2D eigenvalue weighted by Gasteiger charge is 2.22. The molecule has 2 aromatic rings. The number of amides is 2. The Morgan fingerprint density at radius 1 is 1.00 bits per heavy atom. The quantitative estimate of drug-likeness (QED) is 0.836. The molecule has 4 rings (SSSR count). The molecule has 1 N–H and O–H groups in total. The summed E-state index contributed by atoms with van der Waals surface area (Å²) < 4.78 is 0. The summed E-state index contributed by atoms with van der Waals surface area (Å²) in [5.74, 6) is 0.831. The number of anilines is 3. The van der Waals surface area contributed by atoms with Gasteiger partial charge in [-0.3, -0.25) is 4.90 Å². The highest BCUT2D eigenvalue weighted by molar-refractivity contribution is 6.02. The van der Waals surface area contributed by atoms with E-state index < -0.39 is 0 Å². The number of carbonyl (C=O) groups excluding carboxylic acids is 1. The van der Waals surface area contributed by atoms with E-state index in [1.165, 1.54) is 24.1 Å². The molecule has 0 aliphatic carbocycles. The molecule has 0 atom stereocenters. The van der Waals surface area contributed by atoms with E-state index in [0.717, 1.165) is 49.8 Å². The van der Waals surface area contributed by atoms with E-state index in [-0.39, 0.29) is 6.03 Å². The van der Waals surface area contributed by atoms with Crippen molar-refractivity contribution in [1.29, 1.82) is 0 Å². The predicted octanol–water partition coefficient (Wildman–Crippen LogP) is 4.91. The van der Waals surface area contributed by atoms with Crippen molar-refractivity contribution in [2.24, 2.45) is 5.92 Å². The molecule has 2 aliphatic rings. The molecule has 1 saturated heterocycles. The maximum Gasteiger partial charge on any atom is 0.326 e. The summed E-state index contributed by atoms with van der Waals surface area (Å²) in [5, 5.41) is 3.06.